The van der Waals surface area contributed by atoms with E-state index in [1.165, 1.54) is 0 Å². The van der Waals surface area contributed by atoms with Crippen LogP contribution in [-0.4, -0.2) is 21.7 Å². The lowest BCUT2D eigenvalue weighted by molar-refractivity contribution is -0.135. The highest BCUT2D eigenvalue weighted by Gasteiger charge is 2.08. The van der Waals surface area contributed by atoms with Gasteiger partial charge in [-0.05, 0) is 0 Å². The van der Waals surface area contributed by atoms with Crippen molar-refractivity contribution >= 4 is 34.5 Å². The van der Waals surface area contributed by atoms with Crippen molar-refractivity contribution < 1.29 is 9.90 Å². The summed E-state index contributed by atoms with van der Waals surface area (Å²) in [4.78, 5) is 9.33. The molecule has 0 radical (unpaired) electrons. The van der Waals surface area contributed by atoms with Crippen molar-refractivity contribution in [1.29, 1.82) is 0 Å². The van der Waals surface area contributed by atoms with E-state index in [0.717, 1.165) is 0 Å². The van der Waals surface area contributed by atoms with Gasteiger partial charge in [-0.15, -0.1) is 0 Å². The fourth-order valence-electron chi connectivity index (χ4n) is 0.0781. The quantitative estimate of drug-likeness (QED) is 0.492. The maximum absolute atomic E-state index is 9.83. The number of carbonyl (C=O) groups is 1. The molecule has 2 nitrogen and oxygen atoms in total. The molecule has 0 bridgehead atoms. The number of alkyl halides is 1. The number of hydrogen-bond acceptors (Lipinski definition) is 2. The fourth-order valence-corrected chi connectivity index (χ4v) is 0.234. The molecule has 7 heavy (non-hydrogen) atoms. The van der Waals surface area contributed by atoms with Crippen LogP contribution in [0, 0.1) is 0 Å². The van der Waals surface area contributed by atoms with Gasteiger partial charge < -0.3 is 5.11 Å². The van der Waals surface area contributed by atoms with Crippen LogP contribution in [0.2, 0.25) is 0 Å². The molecule has 0 aromatic carbocycles. The molecule has 0 spiro atoms. The number of hydrogen-bond donors (Lipinski definition) is 2. The summed E-state index contributed by atoms with van der Waals surface area (Å²) in [6, 6.07) is 0. The Hall–Kier alpha value is 0.300. The van der Waals surface area contributed by atoms with Crippen molar-refractivity contribution in [1.82, 2.24) is 0 Å². The Morgan fingerprint density at radius 3 is 2.43 bits per heavy atom. The van der Waals surface area contributed by atoms with Crippen LogP contribution in [0.15, 0.2) is 0 Å². The molecular formula is C3H5BrO2S. The molecule has 4 heteroatoms. The van der Waals surface area contributed by atoms with E-state index >= 15 is 0 Å². The molecule has 0 fully saturated rings. The number of thiol groups is 1. The zero-order valence-corrected chi connectivity index (χ0v) is 5.95. The molecule has 0 aromatic rings. The normalized spacial score (nSPS) is 13.4. The van der Waals surface area contributed by atoms with E-state index in [0.29, 0.717) is 5.75 Å². The third-order valence-corrected chi connectivity index (χ3v) is 2.01. The highest BCUT2D eigenvalue weighted by molar-refractivity contribution is 9.10. The van der Waals surface area contributed by atoms with E-state index in [1.54, 1.807) is 0 Å². The summed E-state index contributed by atoms with van der Waals surface area (Å²) in [5.41, 5.74) is 0. The van der Waals surface area contributed by atoms with E-state index in [1.807, 2.05) is 0 Å². The first kappa shape index (κ1) is 7.30. The highest BCUT2D eigenvalue weighted by atomic mass is 79.9. The second-order valence-corrected chi connectivity index (χ2v) is 2.46. The first-order valence-corrected chi connectivity index (χ1v) is 3.21. The zero-order valence-electron chi connectivity index (χ0n) is 3.47. The molecule has 1 unspecified atom stereocenters. The molecule has 0 rings (SSSR count). The number of carboxylic acid groups (broad SMARTS) is 1. The molecule has 0 amide bonds. The fraction of sp³-hybridized carbons (Fsp3) is 0.667. The Kier molecular flexibility index (Phi) is 3.46. The molecule has 0 saturated carbocycles. The average Bonchev–Trinajstić information content (AvgIpc) is 1.65. The molecule has 1 atom stereocenters. The Labute approximate surface area is 55.4 Å². The van der Waals surface area contributed by atoms with Gasteiger partial charge in [0.05, 0.1) is 0 Å². The summed E-state index contributed by atoms with van der Waals surface area (Å²) in [6.07, 6.45) is 0. The molecule has 0 aliphatic carbocycles. The van der Waals surface area contributed by atoms with Gasteiger partial charge in [-0.1, -0.05) is 15.9 Å². The van der Waals surface area contributed by atoms with E-state index in [2.05, 4.69) is 28.6 Å². The number of rotatable bonds is 2. The van der Waals surface area contributed by atoms with Gasteiger partial charge in [0.2, 0.25) is 0 Å². The Morgan fingerprint density at radius 1 is 2.00 bits per heavy atom. The highest BCUT2D eigenvalue weighted by Crippen LogP contribution is 1.99. The first-order valence-electron chi connectivity index (χ1n) is 1.66. The van der Waals surface area contributed by atoms with Crippen molar-refractivity contribution in [3.8, 4) is 0 Å². The van der Waals surface area contributed by atoms with Crippen molar-refractivity contribution in [2.75, 3.05) is 5.75 Å². The summed E-state index contributed by atoms with van der Waals surface area (Å²) in [6.45, 7) is 0. The lowest BCUT2D eigenvalue weighted by Gasteiger charge is -1.93. The lowest BCUT2D eigenvalue weighted by Crippen LogP contribution is -2.13. The minimum Gasteiger partial charge on any atom is -0.480 e. The number of carboxylic acids is 1. The minimum absolute atomic E-state index is 0.329. The van der Waals surface area contributed by atoms with E-state index in [9.17, 15) is 4.79 Å². The Balaban J connectivity index is 3.34. The summed E-state index contributed by atoms with van der Waals surface area (Å²) in [5.74, 6) is -0.537. The van der Waals surface area contributed by atoms with E-state index < -0.39 is 10.8 Å². The molecule has 0 aliphatic rings. The van der Waals surface area contributed by atoms with E-state index in [4.69, 9.17) is 5.11 Å². The summed E-state index contributed by atoms with van der Waals surface area (Å²) in [5, 5.41) is 8.09. The van der Waals surface area contributed by atoms with Gasteiger partial charge in [0.25, 0.3) is 0 Å². The van der Waals surface area contributed by atoms with Crippen LogP contribution >= 0.6 is 28.6 Å². The second kappa shape index (κ2) is 3.32. The van der Waals surface area contributed by atoms with Gasteiger partial charge in [-0.2, -0.15) is 12.6 Å². The molecule has 0 saturated heterocycles. The lowest BCUT2D eigenvalue weighted by atomic mass is 10.5. The average molecular weight is 185 g/mol. The predicted molar refractivity (Wildman–Crippen MR) is 34.2 cm³/mol. The van der Waals surface area contributed by atoms with Gasteiger partial charge in [-0.25, -0.2) is 0 Å². The largest absolute Gasteiger partial charge is 0.480 e. The number of aliphatic carboxylic acids is 1. The molecule has 42 valence electrons. The van der Waals surface area contributed by atoms with Crippen molar-refractivity contribution in [3.63, 3.8) is 0 Å². The van der Waals surface area contributed by atoms with Gasteiger partial charge >= 0.3 is 5.97 Å². The van der Waals surface area contributed by atoms with Crippen LogP contribution in [0.5, 0.6) is 0 Å². The SMILES string of the molecule is O=C(O)C(Br)CS. The Bertz CT molecular complexity index is 75.3. The van der Waals surface area contributed by atoms with Gasteiger partial charge in [0.15, 0.2) is 0 Å². The molecule has 0 heterocycles. The van der Waals surface area contributed by atoms with Gasteiger partial charge in [0.1, 0.15) is 4.83 Å². The predicted octanol–water partition coefficient (Wildman–Crippen LogP) is 0.764. The smallest absolute Gasteiger partial charge is 0.318 e. The first-order chi connectivity index (χ1) is 3.18. The summed E-state index contributed by atoms with van der Waals surface area (Å²) < 4.78 is 0. The Morgan fingerprint density at radius 2 is 2.43 bits per heavy atom. The van der Waals surface area contributed by atoms with Crippen molar-refractivity contribution in [2.45, 2.75) is 4.83 Å². The van der Waals surface area contributed by atoms with Crippen LogP contribution in [-0.2, 0) is 4.79 Å². The molecular weight excluding hydrogens is 180 g/mol. The minimum atomic E-state index is -0.866. The van der Waals surface area contributed by atoms with Crippen molar-refractivity contribution in [3.05, 3.63) is 0 Å². The second-order valence-electron chi connectivity index (χ2n) is 0.988. The van der Waals surface area contributed by atoms with Crippen LogP contribution in [0.4, 0.5) is 0 Å². The molecule has 0 aliphatic heterocycles. The van der Waals surface area contributed by atoms with Crippen LogP contribution in [0.3, 0.4) is 0 Å². The van der Waals surface area contributed by atoms with Crippen LogP contribution in [0.1, 0.15) is 0 Å². The van der Waals surface area contributed by atoms with Gasteiger partial charge in [-0.3, -0.25) is 4.79 Å². The molecule has 0 aromatic heterocycles. The summed E-state index contributed by atoms with van der Waals surface area (Å²) in [7, 11) is 0. The maximum Gasteiger partial charge on any atom is 0.318 e. The van der Waals surface area contributed by atoms with Crippen LogP contribution in [0.25, 0.3) is 0 Å². The monoisotopic (exact) mass is 184 g/mol. The van der Waals surface area contributed by atoms with E-state index in [-0.39, 0.29) is 0 Å². The standard InChI is InChI=1S/C3H5BrO2S/c4-2(1-7)3(5)6/h2,7H,1H2,(H,5,6). The van der Waals surface area contributed by atoms with Crippen LogP contribution < -0.4 is 0 Å². The van der Waals surface area contributed by atoms with Crippen molar-refractivity contribution in [2.24, 2.45) is 0 Å². The summed E-state index contributed by atoms with van der Waals surface area (Å²) >= 11 is 6.59. The number of halogens is 1. The third-order valence-electron chi connectivity index (χ3n) is 0.428. The zero-order chi connectivity index (χ0) is 5.86. The van der Waals surface area contributed by atoms with Gasteiger partial charge in [0, 0.05) is 5.75 Å². The maximum atomic E-state index is 9.83. The third kappa shape index (κ3) is 2.93. The molecule has 1 N–H and O–H groups in total. The topological polar surface area (TPSA) is 37.3 Å².